The number of anilines is 1. The van der Waals surface area contributed by atoms with Crippen molar-refractivity contribution in [3.05, 3.63) is 54.0 Å². The van der Waals surface area contributed by atoms with Gasteiger partial charge in [-0.1, -0.05) is 39.0 Å². The average Bonchev–Trinajstić information content (AvgIpc) is 3.18. The van der Waals surface area contributed by atoms with Crippen LogP contribution in [0.1, 0.15) is 32.2 Å². The zero-order valence-corrected chi connectivity index (χ0v) is 14.7. The Bertz CT molecular complexity index is 1020. The molecule has 2 N–H and O–H groups in total. The second-order valence-electron chi connectivity index (χ2n) is 7.30. The fraction of sp³-hybridized carbons (Fsp3) is 0.316. The molecule has 0 bridgehead atoms. The topological polar surface area (TPSA) is 70.9 Å². The molecule has 1 aromatic carbocycles. The highest BCUT2D eigenvalue weighted by Gasteiger charge is 2.21. The number of H-pyrrole nitrogens is 1. The van der Waals surface area contributed by atoms with E-state index in [0.717, 1.165) is 30.3 Å². The van der Waals surface area contributed by atoms with E-state index < -0.39 is 0 Å². The van der Waals surface area contributed by atoms with E-state index >= 15 is 0 Å². The van der Waals surface area contributed by atoms with Crippen molar-refractivity contribution < 1.29 is 0 Å². The Morgan fingerprint density at radius 1 is 1.08 bits per heavy atom. The van der Waals surface area contributed by atoms with Gasteiger partial charge in [0.15, 0.2) is 11.5 Å². The SMILES string of the molecule is CC(C)(C)c1nnc2ccc(NCCc3c[nH]c4ccccc34)nn12. The molecule has 6 nitrogen and oxygen atoms in total. The van der Waals surface area contributed by atoms with Gasteiger partial charge in [0.25, 0.3) is 0 Å². The van der Waals surface area contributed by atoms with E-state index in [4.69, 9.17) is 0 Å². The third-order valence-electron chi connectivity index (χ3n) is 4.31. The van der Waals surface area contributed by atoms with Crippen LogP contribution in [-0.4, -0.2) is 31.3 Å². The summed E-state index contributed by atoms with van der Waals surface area (Å²) in [5.74, 6) is 1.69. The Hall–Kier alpha value is -2.89. The van der Waals surface area contributed by atoms with E-state index in [1.165, 1.54) is 16.5 Å². The molecular weight excluding hydrogens is 312 g/mol. The predicted octanol–water partition coefficient (Wildman–Crippen LogP) is 3.56. The van der Waals surface area contributed by atoms with Crippen molar-refractivity contribution in [2.24, 2.45) is 0 Å². The zero-order valence-electron chi connectivity index (χ0n) is 14.7. The van der Waals surface area contributed by atoms with Crippen molar-refractivity contribution in [1.29, 1.82) is 0 Å². The van der Waals surface area contributed by atoms with E-state index in [1.807, 2.05) is 22.7 Å². The lowest BCUT2D eigenvalue weighted by atomic mass is 9.96. The summed E-state index contributed by atoms with van der Waals surface area (Å²) in [4.78, 5) is 3.32. The summed E-state index contributed by atoms with van der Waals surface area (Å²) in [5.41, 5.74) is 3.15. The number of nitrogens with one attached hydrogen (secondary N) is 2. The third-order valence-corrected chi connectivity index (χ3v) is 4.31. The molecule has 0 fully saturated rings. The van der Waals surface area contributed by atoms with Crippen molar-refractivity contribution in [2.45, 2.75) is 32.6 Å². The highest BCUT2D eigenvalue weighted by molar-refractivity contribution is 5.83. The van der Waals surface area contributed by atoms with Crippen LogP contribution in [0.25, 0.3) is 16.6 Å². The summed E-state index contributed by atoms with van der Waals surface area (Å²) >= 11 is 0. The quantitative estimate of drug-likeness (QED) is 0.599. The maximum Gasteiger partial charge on any atom is 0.178 e. The molecule has 0 aliphatic rings. The molecule has 3 heterocycles. The van der Waals surface area contributed by atoms with Crippen molar-refractivity contribution in [3.63, 3.8) is 0 Å². The van der Waals surface area contributed by atoms with Crippen LogP contribution in [0.2, 0.25) is 0 Å². The highest BCUT2D eigenvalue weighted by atomic mass is 15.4. The van der Waals surface area contributed by atoms with Gasteiger partial charge in [-0.25, -0.2) is 0 Å². The zero-order chi connectivity index (χ0) is 17.4. The van der Waals surface area contributed by atoms with E-state index in [9.17, 15) is 0 Å². The molecule has 4 rings (SSSR count). The number of nitrogens with zero attached hydrogens (tertiary/aromatic N) is 4. The van der Waals surface area contributed by atoms with E-state index in [2.05, 4.69) is 70.8 Å². The highest BCUT2D eigenvalue weighted by Crippen LogP contribution is 2.21. The van der Waals surface area contributed by atoms with Gasteiger partial charge in [0.05, 0.1) is 0 Å². The van der Waals surface area contributed by atoms with Gasteiger partial charge in [0, 0.05) is 29.1 Å². The molecule has 25 heavy (non-hydrogen) atoms. The lowest BCUT2D eigenvalue weighted by Gasteiger charge is -2.15. The van der Waals surface area contributed by atoms with E-state index in [0.29, 0.717) is 0 Å². The van der Waals surface area contributed by atoms with Gasteiger partial charge in [-0.15, -0.1) is 15.3 Å². The summed E-state index contributed by atoms with van der Waals surface area (Å²) in [6, 6.07) is 12.3. The maximum absolute atomic E-state index is 4.66. The third kappa shape index (κ3) is 2.95. The van der Waals surface area contributed by atoms with Gasteiger partial charge in [-0.2, -0.15) is 4.52 Å². The van der Waals surface area contributed by atoms with Gasteiger partial charge >= 0.3 is 0 Å². The van der Waals surface area contributed by atoms with Crippen LogP contribution >= 0.6 is 0 Å². The minimum absolute atomic E-state index is 0.102. The summed E-state index contributed by atoms with van der Waals surface area (Å²) in [7, 11) is 0. The smallest absolute Gasteiger partial charge is 0.178 e. The normalized spacial score (nSPS) is 12.1. The first-order chi connectivity index (χ1) is 12.0. The van der Waals surface area contributed by atoms with Crippen LogP contribution in [0.15, 0.2) is 42.6 Å². The number of rotatable bonds is 4. The molecule has 3 aromatic heterocycles. The lowest BCUT2D eigenvalue weighted by Crippen LogP contribution is -2.18. The van der Waals surface area contributed by atoms with Crippen LogP contribution in [0.4, 0.5) is 5.82 Å². The molecule has 0 spiro atoms. The molecule has 128 valence electrons. The van der Waals surface area contributed by atoms with Gasteiger partial charge < -0.3 is 10.3 Å². The van der Waals surface area contributed by atoms with Crippen molar-refractivity contribution >= 4 is 22.4 Å². The van der Waals surface area contributed by atoms with Crippen molar-refractivity contribution in [3.8, 4) is 0 Å². The average molecular weight is 334 g/mol. The van der Waals surface area contributed by atoms with Gasteiger partial charge in [-0.3, -0.25) is 0 Å². The first-order valence-corrected chi connectivity index (χ1v) is 8.54. The van der Waals surface area contributed by atoms with Crippen LogP contribution < -0.4 is 5.32 Å². The first kappa shape index (κ1) is 15.6. The summed E-state index contributed by atoms with van der Waals surface area (Å²) in [6.45, 7) is 7.15. The second kappa shape index (κ2) is 5.88. The molecule has 4 aromatic rings. The molecular formula is C19H22N6. The summed E-state index contributed by atoms with van der Waals surface area (Å²) in [6.07, 6.45) is 3.01. The van der Waals surface area contributed by atoms with Crippen LogP contribution in [0.3, 0.4) is 0 Å². The van der Waals surface area contributed by atoms with Crippen LogP contribution in [0.5, 0.6) is 0 Å². The number of hydrogen-bond donors (Lipinski definition) is 2. The van der Waals surface area contributed by atoms with Gasteiger partial charge in [-0.05, 0) is 30.2 Å². The van der Waals surface area contributed by atoms with E-state index in [-0.39, 0.29) is 5.41 Å². The standard InChI is InChI=1S/C19H22N6/c1-19(2,3)18-23-22-17-9-8-16(24-25(17)18)20-11-10-13-12-21-15-7-5-4-6-14(13)15/h4-9,12,21H,10-11H2,1-3H3,(H,20,24). The van der Waals surface area contributed by atoms with Crippen molar-refractivity contribution in [1.82, 2.24) is 24.8 Å². The first-order valence-electron chi connectivity index (χ1n) is 8.54. The summed E-state index contributed by atoms with van der Waals surface area (Å²) in [5, 5.41) is 17.8. The number of aromatic amines is 1. The molecule has 6 heteroatoms. The second-order valence-corrected chi connectivity index (χ2v) is 7.30. The molecule has 0 amide bonds. The molecule has 0 unspecified atom stereocenters. The fourth-order valence-electron chi connectivity index (χ4n) is 3.01. The predicted molar refractivity (Wildman–Crippen MR) is 100.0 cm³/mol. The molecule has 0 saturated heterocycles. The maximum atomic E-state index is 4.66. The van der Waals surface area contributed by atoms with Crippen LogP contribution in [0, 0.1) is 0 Å². The molecule has 0 atom stereocenters. The Labute approximate surface area is 146 Å². The monoisotopic (exact) mass is 334 g/mol. The Morgan fingerprint density at radius 3 is 2.76 bits per heavy atom. The minimum atomic E-state index is -0.102. The fourth-order valence-corrected chi connectivity index (χ4v) is 3.01. The van der Waals surface area contributed by atoms with Gasteiger partial charge in [0.1, 0.15) is 5.82 Å². The lowest BCUT2D eigenvalue weighted by molar-refractivity contribution is 0.527. The Kier molecular flexibility index (Phi) is 3.67. The van der Waals surface area contributed by atoms with Crippen LogP contribution in [-0.2, 0) is 11.8 Å². The molecule has 0 aliphatic carbocycles. The number of aromatic nitrogens is 5. The summed E-state index contributed by atoms with van der Waals surface area (Å²) < 4.78 is 1.83. The Balaban J connectivity index is 1.51. The largest absolute Gasteiger partial charge is 0.368 e. The minimum Gasteiger partial charge on any atom is -0.368 e. The van der Waals surface area contributed by atoms with Gasteiger partial charge in [0.2, 0.25) is 0 Å². The number of benzene rings is 1. The number of para-hydroxylation sites is 1. The molecule has 0 radical (unpaired) electrons. The van der Waals surface area contributed by atoms with E-state index in [1.54, 1.807) is 0 Å². The molecule has 0 saturated carbocycles. The van der Waals surface area contributed by atoms with Crippen molar-refractivity contribution in [2.75, 3.05) is 11.9 Å². The number of hydrogen-bond acceptors (Lipinski definition) is 4. The number of fused-ring (bicyclic) bond motifs is 2. The molecule has 0 aliphatic heterocycles. The Morgan fingerprint density at radius 2 is 1.92 bits per heavy atom.